The van der Waals surface area contributed by atoms with E-state index in [1.54, 1.807) is 0 Å². The summed E-state index contributed by atoms with van der Waals surface area (Å²) in [5.74, 6) is 0.110. The van der Waals surface area contributed by atoms with Crippen molar-refractivity contribution in [3.05, 3.63) is 0 Å². The molecule has 0 heterocycles. The van der Waals surface area contributed by atoms with E-state index >= 15 is 0 Å². The normalized spacial score (nSPS) is 12.9. The zero-order chi connectivity index (χ0) is 11.0. The first kappa shape index (κ1) is 13.4. The Hall–Kier alpha value is -0.610. The van der Waals surface area contributed by atoms with Gasteiger partial charge >= 0.3 is 0 Å². The highest BCUT2D eigenvalue weighted by Crippen LogP contribution is 1.97. The summed E-state index contributed by atoms with van der Waals surface area (Å²) in [5.41, 5.74) is 5.66. The zero-order valence-electron chi connectivity index (χ0n) is 9.38. The quantitative estimate of drug-likeness (QED) is 0.591. The zero-order valence-corrected chi connectivity index (χ0v) is 9.38. The van der Waals surface area contributed by atoms with Gasteiger partial charge in [-0.2, -0.15) is 0 Å². The molecule has 0 rings (SSSR count). The van der Waals surface area contributed by atoms with Crippen molar-refractivity contribution in [1.82, 2.24) is 5.32 Å². The summed E-state index contributed by atoms with van der Waals surface area (Å²) >= 11 is 0. The van der Waals surface area contributed by atoms with Crippen LogP contribution in [0, 0.1) is 5.92 Å². The van der Waals surface area contributed by atoms with Gasteiger partial charge in [-0.1, -0.05) is 13.8 Å². The molecular formula is C10H22N2O2. The Bertz CT molecular complexity index is 160. The minimum absolute atomic E-state index is 0.0727. The number of amides is 1. The number of ether oxygens (including phenoxy) is 1. The second-order valence-electron chi connectivity index (χ2n) is 3.61. The first-order chi connectivity index (χ1) is 6.59. The summed E-state index contributed by atoms with van der Waals surface area (Å²) in [4.78, 5) is 11.3. The fourth-order valence-electron chi connectivity index (χ4n) is 0.951. The largest absolute Gasteiger partial charge is 0.382 e. The van der Waals surface area contributed by atoms with Crippen molar-refractivity contribution in [1.29, 1.82) is 0 Å². The van der Waals surface area contributed by atoms with Crippen LogP contribution in [0.1, 0.15) is 27.2 Å². The van der Waals surface area contributed by atoms with E-state index in [1.165, 1.54) is 0 Å². The molecule has 0 unspecified atom stereocenters. The van der Waals surface area contributed by atoms with Gasteiger partial charge in [-0.05, 0) is 19.3 Å². The summed E-state index contributed by atoms with van der Waals surface area (Å²) in [5, 5.41) is 2.78. The molecule has 0 aromatic heterocycles. The molecule has 0 saturated heterocycles. The van der Waals surface area contributed by atoms with E-state index in [4.69, 9.17) is 10.5 Å². The lowest BCUT2D eigenvalue weighted by Crippen LogP contribution is -2.44. The van der Waals surface area contributed by atoms with Crippen molar-refractivity contribution in [2.75, 3.05) is 19.8 Å². The van der Waals surface area contributed by atoms with Crippen LogP contribution in [0.3, 0.4) is 0 Å². The van der Waals surface area contributed by atoms with E-state index in [2.05, 4.69) is 5.32 Å². The Balaban J connectivity index is 3.44. The standard InChI is InChI=1S/C10H22N2O2/c1-4-14-7-5-6-12-10(13)9(11)8(2)3/h8-9H,4-7,11H2,1-3H3,(H,12,13)/t9-/m0/s1. The summed E-state index contributed by atoms with van der Waals surface area (Å²) in [6.45, 7) is 7.87. The molecule has 4 nitrogen and oxygen atoms in total. The van der Waals surface area contributed by atoms with Crippen LogP contribution in [-0.4, -0.2) is 31.7 Å². The van der Waals surface area contributed by atoms with Crippen LogP contribution < -0.4 is 11.1 Å². The van der Waals surface area contributed by atoms with Gasteiger partial charge in [-0.15, -0.1) is 0 Å². The average Bonchev–Trinajstić information content (AvgIpc) is 2.16. The number of hydrogen-bond acceptors (Lipinski definition) is 3. The molecule has 3 N–H and O–H groups in total. The fourth-order valence-corrected chi connectivity index (χ4v) is 0.951. The molecule has 0 radical (unpaired) electrons. The molecule has 0 aliphatic rings. The monoisotopic (exact) mass is 202 g/mol. The van der Waals surface area contributed by atoms with Crippen LogP contribution in [-0.2, 0) is 9.53 Å². The molecule has 0 bridgehead atoms. The number of nitrogens with two attached hydrogens (primary N) is 1. The van der Waals surface area contributed by atoms with Crippen LogP contribution in [0.2, 0.25) is 0 Å². The summed E-state index contributed by atoms with van der Waals surface area (Å²) in [6.07, 6.45) is 0.838. The molecule has 4 heteroatoms. The first-order valence-electron chi connectivity index (χ1n) is 5.20. The lowest BCUT2D eigenvalue weighted by Gasteiger charge is -2.15. The van der Waals surface area contributed by atoms with E-state index in [9.17, 15) is 4.79 Å². The van der Waals surface area contributed by atoms with Crippen molar-refractivity contribution >= 4 is 5.91 Å². The Morgan fingerprint density at radius 1 is 1.50 bits per heavy atom. The molecular weight excluding hydrogens is 180 g/mol. The Morgan fingerprint density at radius 3 is 2.64 bits per heavy atom. The lowest BCUT2D eigenvalue weighted by atomic mass is 10.1. The molecule has 0 fully saturated rings. The average molecular weight is 202 g/mol. The molecule has 0 aliphatic carbocycles. The highest BCUT2D eigenvalue weighted by Gasteiger charge is 2.15. The lowest BCUT2D eigenvalue weighted by molar-refractivity contribution is -0.123. The molecule has 0 aromatic carbocycles. The van der Waals surface area contributed by atoms with Crippen LogP contribution in [0.15, 0.2) is 0 Å². The molecule has 0 aliphatic heterocycles. The van der Waals surface area contributed by atoms with Crippen LogP contribution >= 0.6 is 0 Å². The van der Waals surface area contributed by atoms with Gasteiger partial charge < -0.3 is 15.8 Å². The summed E-state index contributed by atoms with van der Waals surface area (Å²) in [7, 11) is 0. The minimum Gasteiger partial charge on any atom is -0.382 e. The number of carbonyl (C=O) groups excluding carboxylic acids is 1. The predicted molar refractivity (Wildman–Crippen MR) is 56.9 cm³/mol. The fraction of sp³-hybridized carbons (Fsp3) is 0.900. The molecule has 0 saturated carbocycles. The van der Waals surface area contributed by atoms with Crippen molar-refractivity contribution in [2.45, 2.75) is 33.2 Å². The van der Waals surface area contributed by atoms with Gasteiger partial charge in [0.15, 0.2) is 0 Å². The van der Waals surface area contributed by atoms with Crippen LogP contribution in [0.5, 0.6) is 0 Å². The molecule has 14 heavy (non-hydrogen) atoms. The van der Waals surface area contributed by atoms with E-state index in [0.29, 0.717) is 13.2 Å². The van der Waals surface area contributed by atoms with E-state index in [-0.39, 0.29) is 11.8 Å². The van der Waals surface area contributed by atoms with Crippen molar-refractivity contribution in [3.63, 3.8) is 0 Å². The number of rotatable bonds is 7. The van der Waals surface area contributed by atoms with E-state index in [0.717, 1.165) is 13.0 Å². The number of nitrogens with one attached hydrogen (secondary N) is 1. The molecule has 1 atom stereocenters. The minimum atomic E-state index is -0.401. The van der Waals surface area contributed by atoms with Crippen molar-refractivity contribution in [2.24, 2.45) is 11.7 Å². The van der Waals surface area contributed by atoms with Crippen LogP contribution in [0.4, 0.5) is 0 Å². The highest BCUT2D eigenvalue weighted by atomic mass is 16.5. The first-order valence-corrected chi connectivity index (χ1v) is 5.20. The van der Waals surface area contributed by atoms with E-state index < -0.39 is 6.04 Å². The van der Waals surface area contributed by atoms with Gasteiger partial charge in [0.25, 0.3) is 0 Å². The third-order valence-corrected chi connectivity index (χ3v) is 1.99. The van der Waals surface area contributed by atoms with Crippen molar-refractivity contribution < 1.29 is 9.53 Å². The Morgan fingerprint density at radius 2 is 2.14 bits per heavy atom. The van der Waals surface area contributed by atoms with Crippen molar-refractivity contribution in [3.8, 4) is 0 Å². The number of hydrogen-bond donors (Lipinski definition) is 2. The maximum Gasteiger partial charge on any atom is 0.237 e. The van der Waals surface area contributed by atoms with Gasteiger partial charge in [0, 0.05) is 19.8 Å². The van der Waals surface area contributed by atoms with Gasteiger partial charge in [-0.25, -0.2) is 0 Å². The maximum absolute atomic E-state index is 11.3. The molecule has 1 amide bonds. The van der Waals surface area contributed by atoms with Gasteiger partial charge in [-0.3, -0.25) is 4.79 Å². The van der Waals surface area contributed by atoms with Crippen LogP contribution in [0.25, 0.3) is 0 Å². The Labute approximate surface area is 86.2 Å². The predicted octanol–water partition coefficient (Wildman–Crippen LogP) is 0.513. The Kier molecular flexibility index (Phi) is 7.42. The molecule has 84 valence electrons. The van der Waals surface area contributed by atoms with E-state index in [1.807, 2.05) is 20.8 Å². The second-order valence-corrected chi connectivity index (χ2v) is 3.61. The second kappa shape index (κ2) is 7.76. The molecule has 0 aromatic rings. The summed E-state index contributed by atoms with van der Waals surface area (Å²) < 4.78 is 5.14. The molecule has 0 spiro atoms. The summed E-state index contributed by atoms with van der Waals surface area (Å²) in [6, 6.07) is -0.401. The van der Waals surface area contributed by atoms with Gasteiger partial charge in [0.1, 0.15) is 0 Å². The SMILES string of the molecule is CCOCCCNC(=O)[C@@H](N)C(C)C. The third kappa shape index (κ3) is 5.94. The van der Waals surface area contributed by atoms with Gasteiger partial charge in [0.05, 0.1) is 6.04 Å². The smallest absolute Gasteiger partial charge is 0.237 e. The number of carbonyl (C=O) groups is 1. The third-order valence-electron chi connectivity index (χ3n) is 1.99. The maximum atomic E-state index is 11.3. The van der Waals surface area contributed by atoms with Gasteiger partial charge in [0.2, 0.25) is 5.91 Å². The topological polar surface area (TPSA) is 64.3 Å². The highest BCUT2D eigenvalue weighted by molar-refractivity contribution is 5.81.